The van der Waals surface area contributed by atoms with Crippen molar-refractivity contribution in [3.05, 3.63) is 28.8 Å². The number of hydrogen-bond acceptors (Lipinski definition) is 5. The highest BCUT2D eigenvalue weighted by Crippen LogP contribution is 2.42. The number of likely N-dealkylation sites (N-methyl/N-ethyl adjacent to an activating group) is 1. The lowest BCUT2D eigenvalue weighted by Crippen LogP contribution is -2.43. The molecule has 112 valence electrons. The number of nitrogens with zero attached hydrogens (tertiary/aromatic N) is 1. The Morgan fingerprint density at radius 2 is 2.05 bits per heavy atom. The molecule has 0 saturated heterocycles. The number of hydrogen-bond donors (Lipinski definition) is 1. The summed E-state index contributed by atoms with van der Waals surface area (Å²) in [6.45, 7) is 1.79. The van der Waals surface area contributed by atoms with Crippen LogP contribution in [0.2, 0.25) is 5.02 Å². The minimum atomic E-state index is -1.59. The molecule has 0 bridgehead atoms. The Kier molecular flexibility index (Phi) is 4.18. The summed E-state index contributed by atoms with van der Waals surface area (Å²) in [6.07, 6.45) is 0. The average Bonchev–Trinajstić information content (AvgIpc) is 2.70. The monoisotopic (exact) mass is 311 g/mol. The maximum absolute atomic E-state index is 12.1. The molecule has 0 radical (unpaired) electrons. The number of anilines is 1. The first kappa shape index (κ1) is 15.3. The summed E-state index contributed by atoms with van der Waals surface area (Å²) >= 11 is 5.92. The average molecular weight is 312 g/mol. The molecule has 2 rings (SSSR count). The van der Waals surface area contributed by atoms with Crippen LogP contribution in [0.4, 0.5) is 5.69 Å². The van der Waals surface area contributed by atoms with Gasteiger partial charge in [-0.05, 0) is 30.7 Å². The van der Waals surface area contributed by atoms with Gasteiger partial charge in [-0.15, -0.1) is 0 Å². The topological polar surface area (TPSA) is 83.9 Å². The van der Waals surface area contributed by atoms with Crippen LogP contribution in [-0.4, -0.2) is 42.5 Å². The lowest BCUT2D eigenvalue weighted by atomic mass is 9.90. The molecule has 1 N–H and O–H groups in total. The van der Waals surface area contributed by atoms with Gasteiger partial charge in [0.25, 0.3) is 0 Å². The zero-order valence-corrected chi connectivity index (χ0v) is 12.3. The third-order valence-corrected chi connectivity index (χ3v) is 3.69. The van der Waals surface area contributed by atoms with Crippen molar-refractivity contribution in [2.24, 2.45) is 0 Å². The molecule has 2 unspecified atom stereocenters. The Morgan fingerprint density at radius 1 is 1.38 bits per heavy atom. The number of carbonyl (C=O) groups excluding carboxylic acids is 2. The maximum Gasteiger partial charge on any atom is 0.372 e. The van der Waals surface area contributed by atoms with Gasteiger partial charge in [0, 0.05) is 17.8 Å². The molecule has 0 amide bonds. The Labute approximate surface area is 126 Å². The van der Waals surface area contributed by atoms with Crippen molar-refractivity contribution in [1.29, 1.82) is 0 Å². The SMILES string of the molecule is CCOC(=O)C1C(C(=O)C(=O)O)c2cc(Cl)ccc2N1C. The Hall–Kier alpha value is -2.08. The van der Waals surface area contributed by atoms with Gasteiger partial charge in [-0.25, -0.2) is 9.59 Å². The number of benzene rings is 1. The van der Waals surface area contributed by atoms with Crippen LogP contribution in [0.25, 0.3) is 0 Å². The number of rotatable bonds is 4. The van der Waals surface area contributed by atoms with Gasteiger partial charge < -0.3 is 14.7 Å². The number of carboxylic acid groups (broad SMARTS) is 1. The van der Waals surface area contributed by atoms with E-state index in [-0.39, 0.29) is 6.61 Å². The quantitative estimate of drug-likeness (QED) is 0.669. The van der Waals surface area contributed by atoms with E-state index in [4.69, 9.17) is 21.4 Å². The summed E-state index contributed by atoms with van der Waals surface area (Å²) in [7, 11) is 1.61. The van der Waals surface area contributed by atoms with Crippen LogP contribution >= 0.6 is 11.6 Å². The highest BCUT2D eigenvalue weighted by Gasteiger charge is 2.48. The highest BCUT2D eigenvalue weighted by molar-refractivity contribution is 6.36. The molecule has 0 aliphatic carbocycles. The second kappa shape index (κ2) is 5.73. The van der Waals surface area contributed by atoms with Gasteiger partial charge in [-0.2, -0.15) is 0 Å². The number of aliphatic carboxylic acids is 1. The molecule has 1 aromatic rings. The van der Waals surface area contributed by atoms with Gasteiger partial charge in [0.15, 0.2) is 0 Å². The second-order valence-corrected chi connectivity index (χ2v) is 5.09. The van der Waals surface area contributed by atoms with Gasteiger partial charge in [-0.3, -0.25) is 4.79 Å². The standard InChI is InChI=1S/C14H14ClNO5/c1-3-21-14(20)11-10(12(17)13(18)19)8-6-7(15)4-5-9(8)16(11)2/h4-6,10-11H,3H2,1-2H3,(H,18,19). The fourth-order valence-electron chi connectivity index (χ4n) is 2.58. The summed E-state index contributed by atoms with van der Waals surface area (Å²) < 4.78 is 4.96. The van der Waals surface area contributed by atoms with E-state index in [2.05, 4.69) is 0 Å². The summed E-state index contributed by atoms with van der Waals surface area (Å²) in [6, 6.07) is 3.78. The van der Waals surface area contributed by atoms with Crippen LogP contribution in [0.5, 0.6) is 0 Å². The van der Waals surface area contributed by atoms with Crippen molar-refractivity contribution < 1.29 is 24.2 Å². The van der Waals surface area contributed by atoms with Gasteiger partial charge in [-0.1, -0.05) is 11.6 Å². The van der Waals surface area contributed by atoms with E-state index in [1.807, 2.05) is 0 Å². The predicted octanol–water partition coefficient (Wildman–Crippen LogP) is 1.46. The normalized spacial score (nSPS) is 20.0. The van der Waals surface area contributed by atoms with Crippen molar-refractivity contribution in [3.63, 3.8) is 0 Å². The zero-order chi connectivity index (χ0) is 15.7. The summed E-state index contributed by atoms with van der Waals surface area (Å²) in [5.74, 6) is -4.40. The second-order valence-electron chi connectivity index (χ2n) is 4.66. The fourth-order valence-corrected chi connectivity index (χ4v) is 2.76. The van der Waals surface area contributed by atoms with Crippen molar-refractivity contribution in [2.45, 2.75) is 18.9 Å². The number of esters is 1. The van der Waals surface area contributed by atoms with E-state index in [1.54, 1.807) is 31.0 Å². The molecule has 0 saturated carbocycles. The van der Waals surface area contributed by atoms with Gasteiger partial charge in [0.05, 0.1) is 12.5 Å². The summed E-state index contributed by atoms with van der Waals surface area (Å²) in [5, 5.41) is 9.37. The van der Waals surface area contributed by atoms with Crippen molar-refractivity contribution >= 4 is 35.0 Å². The van der Waals surface area contributed by atoms with E-state index in [0.717, 1.165) is 0 Å². The molecule has 21 heavy (non-hydrogen) atoms. The number of fused-ring (bicyclic) bond motifs is 1. The van der Waals surface area contributed by atoms with Crippen LogP contribution < -0.4 is 4.90 Å². The van der Waals surface area contributed by atoms with Gasteiger partial charge >= 0.3 is 11.9 Å². The summed E-state index contributed by atoms with van der Waals surface area (Å²) in [4.78, 5) is 36.7. The maximum atomic E-state index is 12.1. The molecule has 7 heteroatoms. The Bertz CT molecular complexity index is 615. The first-order valence-corrected chi connectivity index (χ1v) is 6.72. The van der Waals surface area contributed by atoms with Crippen molar-refractivity contribution in [3.8, 4) is 0 Å². The molecule has 0 aromatic heterocycles. The van der Waals surface area contributed by atoms with E-state index in [9.17, 15) is 14.4 Å². The number of Topliss-reactive ketones (excluding diaryl/α,β-unsaturated/α-hetero) is 1. The van der Waals surface area contributed by atoms with Gasteiger partial charge in [0.2, 0.25) is 5.78 Å². The molecule has 0 fully saturated rings. The molecular formula is C14H14ClNO5. The smallest absolute Gasteiger partial charge is 0.372 e. The largest absolute Gasteiger partial charge is 0.475 e. The number of ketones is 1. The van der Waals surface area contributed by atoms with E-state index in [0.29, 0.717) is 16.3 Å². The third kappa shape index (κ3) is 2.58. The number of ether oxygens (including phenoxy) is 1. The Balaban J connectivity index is 2.53. The zero-order valence-electron chi connectivity index (χ0n) is 11.5. The molecule has 1 aliphatic rings. The first-order valence-electron chi connectivity index (χ1n) is 6.34. The first-order chi connectivity index (χ1) is 9.88. The van der Waals surface area contributed by atoms with Crippen molar-refractivity contribution in [2.75, 3.05) is 18.6 Å². The van der Waals surface area contributed by atoms with E-state index >= 15 is 0 Å². The van der Waals surface area contributed by atoms with Crippen LogP contribution in [-0.2, 0) is 19.1 Å². The van der Waals surface area contributed by atoms with Crippen LogP contribution in [0, 0.1) is 0 Å². The van der Waals surface area contributed by atoms with Crippen LogP contribution in [0.1, 0.15) is 18.4 Å². The number of carboxylic acids is 1. The molecule has 2 atom stereocenters. The minimum Gasteiger partial charge on any atom is -0.475 e. The third-order valence-electron chi connectivity index (χ3n) is 3.46. The van der Waals surface area contributed by atoms with Crippen LogP contribution in [0.3, 0.4) is 0 Å². The molecule has 1 heterocycles. The summed E-state index contributed by atoms with van der Waals surface area (Å²) in [5.41, 5.74) is 1.02. The molecule has 1 aliphatic heterocycles. The van der Waals surface area contributed by atoms with E-state index in [1.165, 1.54) is 6.07 Å². The van der Waals surface area contributed by atoms with Crippen molar-refractivity contribution in [1.82, 2.24) is 0 Å². The molecular weight excluding hydrogens is 298 g/mol. The number of halogens is 1. The predicted molar refractivity (Wildman–Crippen MR) is 75.7 cm³/mol. The molecule has 1 aromatic carbocycles. The fraction of sp³-hybridized carbons (Fsp3) is 0.357. The lowest BCUT2D eigenvalue weighted by molar-refractivity contribution is -0.152. The Morgan fingerprint density at radius 3 is 2.62 bits per heavy atom. The molecule has 6 nitrogen and oxygen atoms in total. The number of carbonyl (C=O) groups is 3. The minimum absolute atomic E-state index is 0.147. The highest BCUT2D eigenvalue weighted by atomic mass is 35.5. The lowest BCUT2D eigenvalue weighted by Gasteiger charge is -2.23. The van der Waals surface area contributed by atoms with Crippen LogP contribution in [0.15, 0.2) is 18.2 Å². The van der Waals surface area contributed by atoms with E-state index < -0.39 is 29.7 Å². The van der Waals surface area contributed by atoms with Gasteiger partial charge in [0.1, 0.15) is 6.04 Å². The molecule has 0 spiro atoms.